The largest absolute Gasteiger partial charge is 0.344 e. The number of likely N-dealkylation sites (N-methyl/N-ethyl adjacent to an activating group) is 1. The van der Waals surface area contributed by atoms with Crippen molar-refractivity contribution in [3.63, 3.8) is 0 Å². The van der Waals surface area contributed by atoms with Gasteiger partial charge in [0, 0.05) is 19.6 Å². The number of hydrogen-bond donors (Lipinski definition) is 1. The molecule has 24 heavy (non-hydrogen) atoms. The van der Waals surface area contributed by atoms with E-state index in [1.165, 1.54) is 17.7 Å². The smallest absolute Gasteiger partial charge is 0.242 e. The Morgan fingerprint density at radius 2 is 1.92 bits per heavy atom. The normalized spacial score (nSPS) is 26.5. The zero-order valence-electron chi connectivity index (χ0n) is 13.8. The predicted molar refractivity (Wildman–Crippen MR) is 91.9 cm³/mol. The molecule has 0 radical (unpaired) electrons. The molecule has 2 heterocycles. The first-order chi connectivity index (χ1) is 11.6. The number of nitrogens with one attached hydrogen (secondary N) is 1. The van der Waals surface area contributed by atoms with Gasteiger partial charge in [-0.05, 0) is 54.2 Å². The van der Waals surface area contributed by atoms with E-state index in [0.717, 1.165) is 36.9 Å². The molecule has 2 aromatic rings. The molecule has 2 saturated heterocycles. The van der Waals surface area contributed by atoms with Gasteiger partial charge in [0.15, 0.2) is 0 Å². The molecule has 0 saturated carbocycles. The van der Waals surface area contributed by atoms with Gasteiger partial charge in [0.05, 0.1) is 0 Å². The van der Waals surface area contributed by atoms with Crippen LogP contribution in [0.5, 0.6) is 0 Å². The van der Waals surface area contributed by atoms with E-state index in [1.807, 2.05) is 24.1 Å². The monoisotopic (exact) mass is 324 g/mol. The predicted octanol–water partition coefficient (Wildman–Crippen LogP) is 3.52. The van der Waals surface area contributed by atoms with Gasteiger partial charge in [0.25, 0.3) is 0 Å². The van der Waals surface area contributed by atoms with Crippen molar-refractivity contribution in [2.75, 3.05) is 13.6 Å². The van der Waals surface area contributed by atoms with Crippen molar-refractivity contribution in [3.05, 3.63) is 59.9 Å². The van der Waals surface area contributed by atoms with E-state index in [9.17, 15) is 9.18 Å². The standard InChI is InChI=1S/C20H21FN2O/c1-23-12-11-20(19(23)24)10-9-18(22-20)16-4-2-3-15(13-16)14-5-7-17(21)8-6-14/h2-8,13,18,22H,9-12H2,1H3/t18-,20+/m0/s1. The van der Waals surface area contributed by atoms with Crippen molar-refractivity contribution in [3.8, 4) is 11.1 Å². The van der Waals surface area contributed by atoms with E-state index >= 15 is 0 Å². The molecule has 0 aliphatic carbocycles. The summed E-state index contributed by atoms with van der Waals surface area (Å²) in [5.74, 6) is -0.00198. The number of benzene rings is 2. The van der Waals surface area contributed by atoms with E-state index in [2.05, 4.69) is 17.4 Å². The first-order valence-electron chi connectivity index (χ1n) is 8.47. The molecule has 1 amide bonds. The van der Waals surface area contributed by atoms with Gasteiger partial charge >= 0.3 is 0 Å². The Hall–Kier alpha value is -2.20. The van der Waals surface area contributed by atoms with Crippen molar-refractivity contribution < 1.29 is 9.18 Å². The molecule has 2 aliphatic rings. The van der Waals surface area contributed by atoms with Crippen LogP contribution in [0.3, 0.4) is 0 Å². The molecule has 2 atom stereocenters. The third-order valence-electron chi connectivity index (χ3n) is 5.41. The third-order valence-corrected chi connectivity index (χ3v) is 5.41. The minimum atomic E-state index is -0.370. The van der Waals surface area contributed by atoms with E-state index in [0.29, 0.717) is 0 Å². The Morgan fingerprint density at radius 1 is 1.12 bits per heavy atom. The van der Waals surface area contributed by atoms with Gasteiger partial charge in [-0.1, -0.05) is 30.3 Å². The Morgan fingerprint density at radius 3 is 2.62 bits per heavy atom. The molecule has 1 N–H and O–H groups in total. The maximum atomic E-state index is 13.1. The van der Waals surface area contributed by atoms with E-state index in [-0.39, 0.29) is 23.3 Å². The fourth-order valence-electron chi connectivity index (χ4n) is 3.99. The summed E-state index contributed by atoms with van der Waals surface area (Å²) in [7, 11) is 1.88. The molecule has 0 bridgehead atoms. The van der Waals surface area contributed by atoms with Crippen molar-refractivity contribution in [2.45, 2.75) is 30.8 Å². The minimum Gasteiger partial charge on any atom is -0.344 e. The summed E-state index contributed by atoms with van der Waals surface area (Å²) in [6.07, 6.45) is 2.74. The molecule has 1 spiro atoms. The zero-order valence-corrected chi connectivity index (χ0v) is 13.8. The van der Waals surface area contributed by atoms with Crippen molar-refractivity contribution in [1.29, 1.82) is 0 Å². The highest BCUT2D eigenvalue weighted by molar-refractivity contribution is 5.88. The molecule has 2 aliphatic heterocycles. The van der Waals surface area contributed by atoms with E-state index in [1.54, 1.807) is 12.1 Å². The molecule has 124 valence electrons. The van der Waals surface area contributed by atoms with Gasteiger partial charge in [-0.15, -0.1) is 0 Å². The molecular formula is C20H21FN2O. The van der Waals surface area contributed by atoms with Crippen LogP contribution in [0.25, 0.3) is 11.1 Å². The fourth-order valence-corrected chi connectivity index (χ4v) is 3.99. The lowest BCUT2D eigenvalue weighted by atomic mass is 9.95. The zero-order chi connectivity index (χ0) is 16.7. The van der Waals surface area contributed by atoms with Gasteiger partial charge in [-0.3, -0.25) is 10.1 Å². The highest BCUT2D eigenvalue weighted by atomic mass is 19.1. The molecule has 2 fully saturated rings. The number of likely N-dealkylation sites (tertiary alicyclic amines) is 1. The second kappa shape index (κ2) is 5.71. The highest BCUT2D eigenvalue weighted by Crippen LogP contribution is 2.39. The van der Waals surface area contributed by atoms with Crippen LogP contribution in [0.2, 0.25) is 0 Å². The van der Waals surface area contributed by atoms with Crippen molar-refractivity contribution in [2.24, 2.45) is 0 Å². The van der Waals surface area contributed by atoms with E-state index < -0.39 is 0 Å². The van der Waals surface area contributed by atoms with Crippen LogP contribution in [0.4, 0.5) is 4.39 Å². The summed E-state index contributed by atoms with van der Waals surface area (Å²) in [5.41, 5.74) is 2.90. The first-order valence-corrected chi connectivity index (χ1v) is 8.47. The van der Waals surface area contributed by atoms with Crippen LogP contribution in [0, 0.1) is 5.82 Å². The Labute approximate surface area is 141 Å². The lowest BCUT2D eigenvalue weighted by Gasteiger charge is -2.23. The van der Waals surface area contributed by atoms with Gasteiger partial charge in [0.1, 0.15) is 11.4 Å². The quantitative estimate of drug-likeness (QED) is 0.917. The van der Waals surface area contributed by atoms with Gasteiger partial charge in [-0.2, -0.15) is 0 Å². The Bertz CT molecular complexity index is 773. The van der Waals surface area contributed by atoms with Crippen LogP contribution in [-0.4, -0.2) is 29.9 Å². The van der Waals surface area contributed by atoms with Crippen molar-refractivity contribution in [1.82, 2.24) is 10.2 Å². The first kappa shape index (κ1) is 15.3. The van der Waals surface area contributed by atoms with Crippen LogP contribution < -0.4 is 5.32 Å². The Kier molecular flexibility index (Phi) is 3.65. The molecule has 4 rings (SSSR count). The van der Waals surface area contributed by atoms with Crippen molar-refractivity contribution >= 4 is 5.91 Å². The second-order valence-electron chi connectivity index (χ2n) is 6.93. The van der Waals surface area contributed by atoms with Gasteiger partial charge < -0.3 is 4.90 Å². The third kappa shape index (κ3) is 2.51. The van der Waals surface area contributed by atoms with E-state index in [4.69, 9.17) is 0 Å². The lowest BCUT2D eigenvalue weighted by molar-refractivity contribution is -0.131. The average molecular weight is 324 g/mol. The lowest BCUT2D eigenvalue weighted by Crippen LogP contribution is -2.47. The second-order valence-corrected chi connectivity index (χ2v) is 6.93. The maximum absolute atomic E-state index is 13.1. The number of hydrogen-bond acceptors (Lipinski definition) is 2. The Balaban J connectivity index is 1.59. The molecule has 0 aromatic heterocycles. The highest BCUT2D eigenvalue weighted by Gasteiger charge is 2.49. The number of rotatable bonds is 2. The number of nitrogens with zero attached hydrogens (tertiary/aromatic N) is 1. The summed E-state index contributed by atoms with van der Waals surface area (Å²) in [5, 5.41) is 3.60. The molecule has 3 nitrogen and oxygen atoms in total. The molecule has 4 heteroatoms. The molecule has 2 aromatic carbocycles. The molecule has 0 unspecified atom stereocenters. The van der Waals surface area contributed by atoms with Crippen LogP contribution in [0.1, 0.15) is 30.9 Å². The van der Waals surface area contributed by atoms with Crippen LogP contribution in [-0.2, 0) is 4.79 Å². The maximum Gasteiger partial charge on any atom is 0.242 e. The van der Waals surface area contributed by atoms with Gasteiger partial charge in [-0.25, -0.2) is 4.39 Å². The number of carbonyl (C=O) groups excluding carboxylic acids is 1. The summed E-state index contributed by atoms with van der Waals surface area (Å²) < 4.78 is 13.1. The molecular weight excluding hydrogens is 303 g/mol. The summed E-state index contributed by atoms with van der Waals surface area (Å²) in [4.78, 5) is 14.3. The van der Waals surface area contributed by atoms with Crippen LogP contribution in [0.15, 0.2) is 48.5 Å². The fraction of sp³-hybridized carbons (Fsp3) is 0.350. The van der Waals surface area contributed by atoms with Crippen LogP contribution >= 0.6 is 0 Å². The average Bonchev–Trinajstić information content (AvgIpc) is 3.16. The summed E-state index contributed by atoms with van der Waals surface area (Å²) >= 11 is 0. The number of halogens is 1. The summed E-state index contributed by atoms with van der Waals surface area (Å²) in [6.45, 7) is 0.828. The SMILES string of the molecule is CN1CC[C@]2(CC[C@@H](c3cccc(-c4ccc(F)cc4)c3)N2)C1=O. The number of amides is 1. The minimum absolute atomic E-state index is 0.195. The number of carbonyl (C=O) groups is 1. The van der Waals surface area contributed by atoms with Gasteiger partial charge in [0.2, 0.25) is 5.91 Å². The topological polar surface area (TPSA) is 32.3 Å². The summed E-state index contributed by atoms with van der Waals surface area (Å²) in [6, 6.07) is 15.1.